The van der Waals surface area contributed by atoms with Crippen LogP contribution in [-0.4, -0.2) is 7.28 Å². The summed E-state index contributed by atoms with van der Waals surface area (Å²) in [5.74, 6) is 0. The smallest absolute Gasteiger partial charge is 0.198 e. The van der Waals surface area contributed by atoms with Crippen molar-refractivity contribution >= 4 is 100 Å². The molecular weight excluding hydrogens is 892 g/mol. The molecule has 0 spiro atoms. The molecule has 3 aliphatic carbocycles. The van der Waals surface area contributed by atoms with Gasteiger partial charge in [-0.2, -0.15) is 0 Å². The van der Waals surface area contributed by atoms with Crippen molar-refractivity contribution in [3.05, 3.63) is 148 Å². The van der Waals surface area contributed by atoms with Gasteiger partial charge in [-0.15, -0.1) is 11.3 Å². The zero-order valence-electron chi connectivity index (χ0n) is 45.1. The van der Waals surface area contributed by atoms with Crippen LogP contribution in [0.15, 0.2) is 114 Å². The van der Waals surface area contributed by atoms with Crippen LogP contribution in [0, 0.1) is 6.92 Å². The van der Waals surface area contributed by atoms with E-state index in [4.69, 9.17) is 4.42 Å². The van der Waals surface area contributed by atoms with E-state index in [0.29, 0.717) is 0 Å². The van der Waals surface area contributed by atoms with E-state index in [1.807, 2.05) is 11.3 Å². The molecule has 0 atom stereocenters. The van der Waals surface area contributed by atoms with Gasteiger partial charge in [0.1, 0.15) is 11.2 Å². The van der Waals surface area contributed by atoms with E-state index in [0.717, 1.165) is 37.7 Å². The van der Waals surface area contributed by atoms with Gasteiger partial charge in [0, 0.05) is 53.9 Å². The predicted molar refractivity (Wildman–Crippen MR) is 313 cm³/mol. The number of para-hydroxylation sites is 1. The Labute approximate surface area is 432 Å². The lowest BCUT2D eigenvalue weighted by molar-refractivity contribution is 0.332. The highest BCUT2D eigenvalue weighted by molar-refractivity contribution is 7.26. The summed E-state index contributed by atoms with van der Waals surface area (Å²) >= 11 is 1.97. The lowest BCUT2D eigenvalue weighted by Gasteiger charge is -2.44. The second-order valence-electron chi connectivity index (χ2n) is 26.6. The molecule has 0 saturated heterocycles. The number of anilines is 5. The molecule has 7 aromatic carbocycles. The number of aryl methyl sites for hydroxylation is 1. The molecule has 72 heavy (non-hydrogen) atoms. The van der Waals surface area contributed by atoms with Crippen molar-refractivity contribution in [1.29, 1.82) is 0 Å². The Morgan fingerprint density at radius 2 is 1.08 bits per heavy atom. The Balaban J connectivity index is 1.15. The third kappa shape index (κ3) is 6.74. The van der Waals surface area contributed by atoms with E-state index < -0.39 is 0 Å². The summed E-state index contributed by atoms with van der Waals surface area (Å²) in [7, 11) is 0.798. The maximum absolute atomic E-state index is 6.77. The lowest BCUT2D eigenvalue weighted by atomic mass is 9.57. The van der Waals surface area contributed by atoms with E-state index in [1.165, 1.54) is 140 Å². The van der Waals surface area contributed by atoms with Gasteiger partial charge in [-0.25, -0.2) is 0 Å². The number of nitrogens with one attached hydrogen (secondary N) is 1. The summed E-state index contributed by atoms with van der Waals surface area (Å²) in [6.07, 6.45) is 7.04. The molecule has 364 valence electrons. The van der Waals surface area contributed by atoms with E-state index >= 15 is 0 Å². The van der Waals surface area contributed by atoms with Crippen LogP contribution in [0.5, 0.6) is 0 Å². The van der Waals surface area contributed by atoms with Crippen LogP contribution in [0.3, 0.4) is 0 Å². The van der Waals surface area contributed by atoms with Crippen LogP contribution in [0.1, 0.15) is 161 Å². The molecule has 5 heteroatoms. The van der Waals surface area contributed by atoms with Gasteiger partial charge in [-0.3, -0.25) is 0 Å². The van der Waals surface area contributed by atoms with E-state index in [1.54, 1.807) is 0 Å². The molecular formula is C67H71BN2OS. The normalized spacial score (nSPS) is 19.6. The lowest BCUT2D eigenvalue weighted by Crippen LogP contribution is -2.41. The Morgan fingerprint density at radius 1 is 0.514 bits per heavy atom. The van der Waals surface area contributed by atoms with E-state index in [-0.39, 0.29) is 32.5 Å². The molecule has 4 aliphatic rings. The molecule has 13 rings (SSSR count). The number of hydrogen-bond acceptors (Lipinski definition) is 4. The summed E-state index contributed by atoms with van der Waals surface area (Å²) in [5, 5.41) is 9.25. The third-order valence-electron chi connectivity index (χ3n) is 19.0. The van der Waals surface area contributed by atoms with Crippen LogP contribution in [-0.2, 0) is 32.5 Å². The van der Waals surface area contributed by atoms with Crippen LogP contribution in [0.4, 0.5) is 28.4 Å². The van der Waals surface area contributed by atoms with Gasteiger partial charge in [0.05, 0.1) is 11.1 Å². The fourth-order valence-electron chi connectivity index (χ4n) is 14.0. The summed E-state index contributed by atoms with van der Waals surface area (Å²) in [6.45, 7) is 31.9. The van der Waals surface area contributed by atoms with Gasteiger partial charge in [0.2, 0.25) is 0 Å². The monoisotopic (exact) mass is 963 g/mol. The maximum Gasteiger partial charge on any atom is 0.198 e. The Morgan fingerprint density at radius 3 is 1.76 bits per heavy atom. The fourth-order valence-corrected chi connectivity index (χ4v) is 15.3. The number of furan rings is 1. The van der Waals surface area contributed by atoms with Crippen molar-refractivity contribution in [2.75, 3.05) is 10.2 Å². The Hall–Kier alpha value is -5.78. The number of hydrogen-bond donors (Lipinski definition) is 1. The van der Waals surface area contributed by atoms with Crippen molar-refractivity contribution in [3.63, 3.8) is 0 Å². The van der Waals surface area contributed by atoms with Gasteiger partial charge < -0.3 is 14.6 Å². The first-order valence-corrected chi connectivity index (χ1v) is 27.8. The summed E-state index contributed by atoms with van der Waals surface area (Å²) < 4.78 is 9.46. The zero-order valence-corrected chi connectivity index (χ0v) is 45.9. The fraction of sp³-hybridized carbons (Fsp3) is 0.373. The second-order valence-corrected chi connectivity index (χ2v) is 27.6. The number of nitrogens with zero attached hydrogens (tertiary/aromatic N) is 1. The van der Waals surface area contributed by atoms with E-state index in [2.05, 4.69) is 209 Å². The maximum atomic E-state index is 6.77. The van der Waals surface area contributed by atoms with Gasteiger partial charge in [0.25, 0.3) is 0 Å². The van der Waals surface area contributed by atoms with Crippen LogP contribution in [0.2, 0.25) is 0 Å². The van der Waals surface area contributed by atoms with Gasteiger partial charge in [-0.05, 0) is 183 Å². The van der Waals surface area contributed by atoms with Crippen LogP contribution < -0.4 is 21.1 Å². The van der Waals surface area contributed by atoms with Crippen molar-refractivity contribution in [1.82, 2.24) is 0 Å². The first-order chi connectivity index (χ1) is 34.0. The standard InChI is InChI=1S/C67H71BN2OS/c1-38-32-45-49(67(12,13)31-28-63(45,4)5)37-52(38)70-53-35-42-40-18-15-17-21-56(40)72-61(42)58(59(53)68-50-24-25-55-57(60(50)70)41-19-14-16-20-54(41)71-55)43-34-47-48(66(10,11)30-29-65(47,8)9)36-51(43)69-39-22-23-44-46(33-39)64(6,7)27-26-62(44,2)3/h14-25,32-37,68-69H,26-31H2,1-13H3. The average molecular weight is 963 g/mol. The highest BCUT2D eigenvalue weighted by Crippen LogP contribution is 2.56. The van der Waals surface area contributed by atoms with Crippen molar-refractivity contribution in [3.8, 4) is 11.1 Å². The first-order valence-electron chi connectivity index (χ1n) is 27.0. The molecule has 1 N–H and O–H groups in total. The summed E-state index contributed by atoms with van der Waals surface area (Å²) in [5.41, 5.74) is 24.0. The minimum atomic E-state index is 0.0150. The zero-order chi connectivity index (χ0) is 50.2. The molecule has 0 bridgehead atoms. The average Bonchev–Trinajstić information content (AvgIpc) is 3.91. The van der Waals surface area contributed by atoms with Crippen molar-refractivity contribution in [2.24, 2.45) is 0 Å². The van der Waals surface area contributed by atoms with Crippen LogP contribution in [0.25, 0.3) is 53.2 Å². The summed E-state index contributed by atoms with van der Waals surface area (Å²) in [6, 6.07) is 42.7. The van der Waals surface area contributed by atoms with Gasteiger partial charge >= 0.3 is 0 Å². The molecule has 9 aromatic rings. The first kappa shape index (κ1) is 46.0. The van der Waals surface area contributed by atoms with E-state index in [9.17, 15) is 0 Å². The van der Waals surface area contributed by atoms with Gasteiger partial charge in [0.15, 0.2) is 7.28 Å². The molecule has 3 heterocycles. The SMILES string of the molecule is Cc1cc2c(cc1N1c3cc4c(sc5ccccc54)c(-c4cc5c(cc4Nc4ccc6c(c4)C(C)(C)CCC6(C)C)C(C)(C)CCC5(C)C)c3Bc3ccc4oc5ccccc5c4c31)C(C)(C)CCC2(C)C. The molecule has 0 saturated carbocycles. The molecule has 1 aliphatic heterocycles. The van der Waals surface area contributed by atoms with Crippen molar-refractivity contribution < 1.29 is 4.42 Å². The number of thiophene rings is 1. The third-order valence-corrected chi connectivity index (χ3v) is 20.2. The predicted octanol–water partition coefficient (Wildman–Crippen LogP) is 17.9. The number of fused-ring (bicyclic) bond motifs is 12. The minimum absolute atomic E-state index is 0.0150. The number of benzene rings is 7. The highest BCUT2D eigenvalue weighted by atomic mass is 32.1. The van der Waals surface area contributed by atoms with Gasteiger partial charge in [-0.1, -0.05) is 143 Å². The molecule has 0 radical (unpaired) electrons. The summed E-state index contributed by atoms with van der Waals surface area (Å²) in [4.78, 5) is 2.70. The molecule has 2 aromatic heterocycles. The largest absolute Gasteiger partial charge is 0.456 e. The Bertz CT molecular complexity index is 3800. The van der Waals surface area contributed by atoms with Crippen LogP contribution >= 0.6 is 11.3 Å². The second kappa shape index (κ2) is 15.2. The molecule has 0 fully saturated rings. The molecule has 0 unspecified atom stereocenters. The topological polar surface area (TPSA) is 28.4 Å². The van der Waals surface area contributed by atoms with Crippen molar-refractivity contribution in [2.45, 2.75) is 161 Å². The molecule has 3 nitrogen and oxygen atoms in total. The Kier molecular flexibility index (Phi) is 9.69. The quantitative estimate of drug-likeness (QED) is 0.178. The minimum Gasteiger partial charge on any atom is -0.456 e. The molecule has 0 amide bonds. The highest BCUT2D eigenvalue weighted by Gasteiger charge is 2.43. The number of rotatable bonds is 4.